The fourth-order valence-corrected chi connectivity index (χ4v) is 0.447. The zero-order chi connectivity index (χ0) is 5.91. The molecule has 0 bridgehead atoms. The van der Waals surface area contributed by atoms with Gasteiger partial charge in [0.05, 0.1) is 5.75 Å². The van der Waals surface area contributed by atoms with Crippen LogP contribution in [0.1, 0.15) is 0 Å². The Morgan fingerprint density at radius 1 is 1.57 bits per heavy atom. The number of nitrogens with two attached hydrogens (primary N) is 1. The van der Waals surface area contributed by atoms with Crippen LogP contribution in [-0.2, 0) is 10.1 Å². The van der Waals surface area contributed by atoms with E-state index in [2.05, 4.69) is 0 Å². The second-order valence-corrected chi connectivity index (χ2v) is 2.65. The van der Waals surface area contributed by atoms with Gasteiger partial charge in [-0.1, -0.05) is 0 Å². The van der Waals surface area contributed by atoms with E-state index in [1.54, 1.807) is 0 Å². The van der Waals surface area contributed by atoms with Crippen molar-refractivity contribution in [1.29, 1.82) is 0 Å². The van der Waals surface area contributed by atoms with Crippen molar-refractivity contribution in [1.82, 2.24) is 0 Å². The minimum Gasteiger partial charge on any atom is -0.329 e. The van der Waals surface area contributed by atoms with Gasteiger partial charge < -0.3 is 5.73 Å². The SMILES string of the molecule is N[13CH2][13CH2]S(=O)(=O)O. The summed E-state index contributed by atoms with van der Waals surface area (Å²) < 4.78 is 27.3. The lowest BCUT2D eigenvalue weighted by molar-refractivity contribution is 0.483. The van der Waals surface area contributed by atoms with Gasteiger partial charge in [-0.15, -0.1) is 0 Å². The third-order valence-corrected chi connectivity index (χ3v) is 1.13. The van der Waals surface area contributed by atoms with Crippen LogP contribution in [0.5, 0.6) is 0 Å². The van der Waals surface area contributed by atoms with Crippen molar-refractivity contribution in [2.45, 2.75) is 0 Å². The van der Waals surface area contributed by atoms with Gasteiger partial charge in [-0.05, 0) is 0 Å². The van der Waals surface area contributed by atoms with E-state index >= 15 is 0 Å². The molecule has 0 amide bonds. The summed E-state index contributed by atoms with van der Waals surface area (Å²) >= 11 is 0. The molecule has 0 unspecified atom stereocenters. The van der Waals surface area contributed by atoms with E-state index in [4.69, 9.17) is 10.3 Å². The molecule has 4 nitrogen and oxygen atoms in total. The maximum atomic E-state index is 9.71. The fraction of sp³-hybridized carbons (Fsp3) is 1.00. The molecule has 5 heteroatoms. The lowest BCUT2D eigenvalue weighted by Crippen LogP contribution is -2.13. The van der Waals surface area contributed by atoms with Crippen molar-refractivity contribution in [3.05, 3.63) is 0 Å². The summed E-state index contributed by atoms with van der Waals surface area (Å²) in [5.74, 6) is -0.354. The van der Waals surface area contributed by atoms with E-state index < -0.39 is 10.1 Å². The van der Waals surface area contributed by atoms with E-state index in [0.29, 0.717) is 0 Å². The third-order valence-electron chi connectivity index (χ3n) is 0.376. The highest BCUT2D eigenvalue weighted by Crippen LogP contribution is 1.74. The average molecular weight is 127 g/mol. The van der Waals surface area contributed by atoms with Crippen LogP contribution in [0, 0.1) is 0 Å². The summed E-state index contributed by atoms with van der Waals surface area (Å²) in [5.41, 5.74) is 4.78. The lowest BCUT2D eigenvalue weighted by Gasteiger charge is -1.86. The molecule has 0 aliphatic heterocycles. The molecular weight excluding hydrogens is 120 g/mol. The summed E-state index contributed by atoms with van der Waals surface area (Å²) in [4.78, 5) is 0. The molecule has 0 saturated heterocycles. The summed E-state index contributed by atoms with van der Waals surface area (Å²) in [6.45, 7) is -0.0289. The maximum Gasteiger partial charge on any atom is 0.266 e. The normalized spacial score (nSPS) is 11.7. The Hall–Kier alpha value is -0.130. The van der Waals surface area contributed by atoms with Crippen molar-refractivity contribution < 1.29 is 13.0 Å². The van der Waals surface area contributed by atoms with E-state index in [-0.39, 0.29) is 12.3 Å². The Kier molecular flexibility index (Phi) is 2.21. The summed E-state index contributed by atoms with van der Waals surface area (Å²) in [6.07, 6.45) is 0. The van der Waals surface area contributed by atoms with Crippen LogP contribution in [0.3, 0.4) is 0 Å². The molecule has 0 rings (SSSR count). The van der Waals surface area contributed by atoms with Crippen LogP contribution in [0.25, 0.3) is 0 Å². The largest absolute Gasteiger partial charge is 0.329 e. The summed E-state index contributed by atoms with van der Waals surface area (Å²) in [7, 11) is -3.80. The summed E-state index contributed by atoms with van der Waals surface area (Å²) in [6, 6.07) is 0. The van der Waals surface area contributed by atoms with E-state index in [1.807, 2.05) is 0 Å². The van der Waals surface area contributed by atoms with Gasteiger partial charge in [-0.3, -0.25) is 4.55 Å². The second-order valence-electron chi connectivity index (χ2n) is 1.07. The molecule has 3 N–H and O–H groups in total. The molecule has 0 spiro atoms. The van der Waals surface area contributed by atoms with Crippen LogP contribution in [-0.4, -0.2) is 25.3 Å². The highest BCUT2D eigenvalue weighted by atomic mass is 32.2. The molecular formula is C2H7NO3S. The van der Waals surface area contributed by atoms with E-state index in [0.717, 1.165) is 0 Å². The second kappa shape index (κ2) is 2.25. The number of rotatable bonds is 2. The van der Waals surface area contributed by atoms with Gasteiger partial charge in [0, 0.05) is 6.54 Å². The van der Waals surface area contributed by atoms with Crippen molar-refractivity contribution >= 4 is 10.1 Å². The summed E-state index contributed by atoms with van der Waals surface area (Å²) in [5, 5.41) is 0. The number of hydrogen-bond acceptors (Lipinski definition) is 3. The van der Waals surface area contributed by atoms with Crippen molar-refractivity contribution in [2.75, 3.05) is 12.3 Å². The molecule has 0 heterocycles. The van der Waals surface area contributed by atoms with Gasteiger partial charge in [0.25, 0.3) is 10.1 Å². The van der Waals surface area contributed by atoms with Gasteiger partial charge in [-0.25, -0.2) is 0 Å². The molecule has 0 fully saturated rings. The minimum atomic E-state index is -3.80. The van der Waals surface area contributed by atoms with Crippen molar-refractivity contribution in [3.63, 3.8) is 0 Å². The highest BCUT2D eigenvalue weighted by Gasteiger charge is 1.98. The molecule has 0 aromatic carbocycles. The average Bonchev–Trinajstić information content (AvgIpc) is 1.30. The first-order valence-corrected chi connectivity index (χ1v) is 3.32. The zero-order valence-electron chi connectivity index (χ0n) is 3.66. The predicted octanol–water partition coefficient (Wildman–Crippen LogP) is -1.17. The van der Waals surface area contributed by atoms with Crippen molar-refractivity contribution in [3.8, 4) is 0 Å². The quantitative estimate of drug-likeness (QED) is 0.362. The standard InChI is InChI=1S/C2H7NO3S/c3-1-2-7(4,5)6/h1-3H2,(H,4,5,6)/i1+1,2+1. The Labute approximate surface area is 42.1 Å². The van der Waals surface area contributed by atoms with E-state index in [1.165, 1.54) is 0 Å². The first kappa shape index (κ1) is 6.87. The fourth-order valence-electron chi connectivity index (χ4n) is 0.149. The molecule has 44 valence electrons. The molecule has 7 heavy (non-hydrogen) atoms. The molecule has 0 aromatic heterocycles. The third kappa shape index (κ3) is 5.87. The molecule has 0 aliphatic rings. The molecule has 0 atom stereocenters. The maximum absolute atomic E-state index is 9.71. The van der Waals surface area contributed by atoms with Gasteiger partial charge in [-0.2, -0.15) is 8.42 Å². The Morgan fingerprint density at radius 3 is 2.00 bits per heavy atom. The van der Waals surface area contributed by atoms with Crippen LogP contribution < -0.4 is 5.73 Å². The van der Waals surface area contributed by atoms with Crippen LogP contribution in [0.4, 0.5) is 0 Å². The first-order chi connectivity index (χ1) is 3.06. The van der Waals surface area contributed by atoms with E-state index in [9.17, 15) is 8.42 Å². The molecule has 0 aromatic rings. The zero-order valence-corrected chi connectivity index (χ0v) is 4.48. The van der Waals surface area contributed by atoms with Crippen LogP contribution in [0.15, 0.2) is 0 Å². The van der Waals surface area contributed by atoms with Gasteiger partial charge >= 0.3 is 0 Å². The first-order valence-electron chi connectivity index (χ1n) is 1.71. The molecule has 0 radical (unpaired) electrons. The monoisotopic (exact) mass is 127 g/mol. The smallest absolute Gasteiger partial charge is 0.266 e. The predicted molar refractivity (Wildman–Crippen MR) is 25.5 cm³/mol. The Morgan fingerprint density at radius 2 is 2.00 bits per heavy atom. The molecule has 0 aliphatic carbocycles. The minimum absolute atomic E-state index is 0.0289. The van der Waals surface area contributed by atoms with Gasteiger partial charge in [0.1, 0.15) is 0 Å². The van der Waals surface area contributed by atoms with Crippen LogP contribution >= 0.6 is 0 Å². The lowest BCUT2D eigenvalue weighted by atomic mass is 11.7. The topological polar surface area (TPSA) is 80.4 Å². The number of hydrogen-bond donors (Lipinski definition) is 2. The Balaban J connectivity index is 3.60. The van der Waals surface area contributed by atoms with Gasteiger partial charge in [0.2, 0.25) is 0 Å². The van der Waals surface area contributed by atoms with Gasteiger partial charge in [0.15, 0.2) is 0 Å². The highest BCUT2D eigenvalue weighted by molar-refractivity contribution is 7.85. The molecule has 0 saturated carbocycles. The van der Waals surface area contributed by atoms with Crippen molar-refractivity contribution in [2.24, 2.45) is 5.73 Å². The van der Waals surface area contributed by atoms with Crippen LogP contribution in [0.2, 0.25) is 0 Å². The Bertz CT molecular complexity index is 126.